The fourth-order valence-corrected chi connectivity index (χ4v) is 3.27. The molecule has 124 valence electrons. The zero-order valence-corrected chi connectivity index (χ0v) is 13.8. The van der Waals surface area contributed by atoms with Gasteiger partial charge in [0.15, 0.2) is 0 Å². The van der Waals surface area contributed by atoms with E-state index in [0.29, 0.717) is 18.9 Å². The fourth-order valence-electron chi connectivity index (χ4n) is 3.27. The highest BCUT2D eigenvalue weighted by Gasteiger charge is 2.17. The summed E-state index contributed by atoms with van der Waals surface area (Å²) in [6.07, 6.45) is 5.03. The monoisotopic (exact) mass is 314 g/mol. The van der Waals surface area contributed by atoms with Crippen LogP contribution in [0, 0.1) is 0 Å². The quantitative estimate of drug-likeness (QED) is 0.861. The summed E-state index contributed by atoms with van der Waals surface area (Å²) in [4.78, 5) is 22.2. The van der Waals surface area contributed by atoms with Crippen LogP contribution < -0.4 is 5.32 Å². The number of carbonyl (C=O) groups is 1. The molecule has 5 heteroatoms. The Morgan fingerprint density at radius 3 is 3.09 bits per heavy atom. The van der Waals surface area contributed by atoms with Crippen molar-refractivity contribution in [3.05, 3.63) is 30.1 Å². The van der Waals surface area contributed by atoms with E-state index in [4.69, 9.17) is 0 Å². The lowest BCUT2D eigenvalue weighted by Gasteiger charge is -2.33. The Morgan fingerprint density at radius 1 is 1.39 bits per heavy atom. The smallest absolute Gasteiger partial charge is 0.220 e. The molecule has 0 aliphatic carbocycles. The lowest BCUT2D eigenvalue weighted by molar-refractivity contribution is -0.121. The van der Waals surface area contributed by atoms with Crippen molar-refractivity contribution in [3.8, 4) is 0 Å². The van der Waals surface area contributed by atoms with Crippen LogP contribution in [0.5, 0.6) is 0 Å². The number of hydrogen-bond acceptors (Lipinski definition) is 3. The van der Waals surface area contributed by atoms with Crippen LogP contribution in [0.15, 0.2) is 24.3 Å². The number of fused-ring (bicyclic) bond motifs is 1. The van der Waals surface area contributed by atoms with Crippen LogP contribution in [-0.4, -0.2) is 46.5 Å². The van der Waals surface area contributed by atoms with E-state index in [1.165, 1.54) is 19.3 Å². The second-order valence-electron chi connectivity index (χ2n) is 6.43. The maximum atomic E-state index is 12.0. The summed E-state index contributed by atoms with van der Waals surface area (Å²) in [6, 6.07) is 8.59. The minimum Gasteiger partial charge on any atom is -0.355 e. The molecule has 2 N–H and O–H groups in total. The van der Waals surface area contributed by atoms with Crippen LogP contribution in [0.2, 0.25) is 0 Å². The van der Waals surface area contributed by atoms with Crippen molar-refractivity contribution in [1.29, 1.82) is 0 Å². The molecule has 23 heavy (non-hydrogen) atoms. The molecular weight excluding hydrogens is 288 g/mol. The molecule has 0 saturated carbocycles. The third kappa shape index (κ3) is 4.32. The van der Waals surface area contributed by atoms with Gasteiger partial charge in [-0.1, -0.05) is 18.6 Å². The number of aromatic amines is 1. The maximum absolute atomic E-state index is 12.0. The molecule has 1 atom stereocenters. The first kappa shape index (κ1) is 16.0. The Labute approximate surface area is 137 Å². The number of benzene rings is 1. The van der Waals surface area contributed by atoms with Gasteiger partial charge in [0, 0.05) is 32.0 Å². The number of H-pyrrole nitrogens is 1. The number of aryl methyl sites for hydroxylation is 1. The third-order valence-electron chi connectivity index (χ3n) is 4.69. The second-order valence-corrected chi connectivity index (χ2v) is 6.43. The predicted molar refractivity (Wildman–Crippen MR) is 92.3 cm³/mol. The molecule has 1 fully saturated rings. The molecule has 0 bridgehead atoms. The average molecular weight is 314 g/mol. The van der Waals surface area contributed by atoms with Gasteiger partial charge in [0.25, 0.3) is 0 Å². The zero-order chi connectivity index (χ0) is 16.1. The van der Waals surface area contributed by atoms with E-state index in [1.54, 1.807) is 0 Å². The molecule has 1 aliphatic heterocycles. The van der Waals surface area contributed by atoms with Crippen LogP contribution in [0.25, 0.3) is 11.0 Å². The summed E-state index contributed by atoms with van der Waals surface area (Å²) in [6.45, 7) is 5.14. The largest absolute Gasteiger partial charge is 0.355 e. The Bertz CT molecular complexity index is 618. The van der Waals surface area contributed by atoms with Crippen molar-refractivity contribution in [3.63, 3.8) is 0 Å². The topological polar surface area (TPSA) is 61.0 Å². The van der Waals surface area contributed by atoms with Crippen LogP contribution >= 0.6 is 0 Å². The minimum atomic E-state index is 0.107. The molecule has 1 aromatic carbocycles. The SMILES string of the molecule is CC1CCCCN1CCNC(=O)CCc1nc2ccccc2[nH]1. The number of para-hydroxylation sites is 2. The lowest BCUT2D eigenvalue weighted by atomic mass is 10.0. The molecule has 0 spiro atoms. The van der Waals surface area contributed by atoms with Gasteiger partial charge in [-0.15, -0.1) is 0 Å². The van der Waals surface area contributed by atoms with Gasteiger partial charge >= 0.3 is 0 Å². The second kappa shape index (κ2) is 7.59. The van der Waals surface area contributed by atoms with Gasteiger partial charge in [-0.05, 0) is 38.4 Å². The molecule has 1 unspecified atom stereocenters. The molecule has 1 aromatic heterocycles. The first-order valence-corrected chi connectivity index (χ1v) is 8.67. The van der Waals surface area contributed by atoms with Gasteiger partial charge < -0.3 is 10.3 Å². The van der Waals surface area contributed by atoms with Gasteiger partial charge in [-0.2, -0.15) is 0 Å². The molecule has 0 radical (unpaired) electrons. The van der Waals surface area contributed by atoms with Gasteiger partial charge in [-0.3, -0.25) is 9.69 Å². The number of imidazole rings is 1. The van der Waals surface area contributed by atoms with E-state index < -0.39 is 0 Å². The number of piperidine rings is 1. The van der Waals surface area contributed by atoms with Crippen molar-refractivity contribution in [2.24, 2.45) is 0 Å². The van der Waals surface area contributed by atoms with E-state index >= 15 is 0 Å². The van der Waals surface area contributed by atoms with Crippen molar-refractivity contribution < 1.29 is 4.79 Å². The number of likely N-dealkylation sites (tertiary alicyclic amines) is 1. The molecule has 2 aromatic rings. The van der Waals surface area contributed by atoms with Crippen LogP contribution in [0.3, 0.4) is 0 Å². The van der Waals surface area contributed by atoms with Gasteiger partial charge in [0.1, 0.15) is 5.82 Å². The number of amides is 1. The normalized spacial score (nSPS) is 19.1. The van der Waals surface area contributed by atoms with Crippen molar-refractivity contribution in [2.75, 3.05) is 19.6 Å². The van der Waals surface area contributed by atoms with E-state index in [1.807, 2.05) is 24.3 Å². The van der Waals surface area contributed by atoms with Gasteiger partial charge in [0.05, 0.1) is 11.0 Å². The van der Waals surface area contributed by atoms with E-state index in [9.17, 15) is 4.79 Å². The standard InChI is InChI=1S/C18H26N4O/c1-14-6-4-5-12-22(14)13-11-19-18(23)10-9-17-20-15-7-2-3-8-16(15)21-17/h2-3,7-8,14H,4-6,9-13H2,1H3,(H,19,23)(H,20,21). The minimum absolute atomic E-state index is 0.107. The van der Waals surface area contributed by atoms with E-state index in [2.05, 4.69) is 27.1 Å². The number of hydrogen-bond donors (Lipinski definition) is 2. The first-order valence-electron chi connectivity index (χ1n) is 8.67. The van der Waals surface area contributed by atoms with Crippen LogP contribution in [0.1, 0.15) is 38.4 Å². The summed E-state index contributed by atoms with van der Waals surface area (Å²) in [5.41, 5.74) is 1.99. The van der Waals surface area contributed by atoms with Crippen molar-refractivity contribution >= 4 is 16.9 Å². The van der Waals surface area contributed by atoms with Crippen molar-refractivity contribution in [1.82, 2.24) is 20.2 Å². The number of carbonyl (C=O) groups excluding carboxylic acids is 1. The summed E-state index contributed by atoms with van der Waals surface area (Å²) in [5, 5.41) is 3.03. The summed E-state index contributed by atoms with van der Waals surface area (Å²) < 4.78 is 0. The number of rotatable bonds is 6. The molecule has 1 aliphatic rings. The molecule has 1 amide bonds. The van der Waals surface area contributed by atoms with Crippen LogP contribution in [-0.2, 0) is 11.2 Å². The molecular formula is C18H26N4O. The molecule has 1 saturated heterocycles. The number of aromatic nitrogens is 2. The average Bonchev–Trinajstić information content (AvgIpc) is 2.98. The van der Waals surface area contributed by atoms with Crippen molar-refractivity contribution in [2.45, 2.75) is 45.1 Å². The highest BCUT2D eigenvalue weighted by atomic mass is 16.1. The third-order valence-corrected chi connectivity index (χ3v) is 4.69. The Morgan fingerprint density at radius 2 is 2.26 bits per heavy atom. The number of nitrogens with one attached hydrogen (secondary N) is 2. The number of nitrogens with zero attached hydrogens (tertiary/aromatic N) is 2. The lowest BCUT2D eigenvalue weighted by Crippen LogP contribution is -2.42. The Hall–Kier alpha value is -1.88. The fraction of sp³-hybridized carbons (Fsp3) is 0.556. The summed E-state index contributed by atoms with van der Waals surface area (Å²) in [5.74, 6) is 0.987. The molecule has 2 heterocycles. The Kier molecular flexibility index (Phi) is 5.28. The summed E-state index contributed by atoms with van der Waals surface area (Å²) in [7, 11) is 0. The zero-order valence-electron chi connectivity index (χ0n) is 13.8. The predicted octanol–water partition coefficient (Wildman–Crippen LogP) is 2.49. The summed E-state index contributed by atoms with van der Waals surface area (Å²) >= 11 is 0. The maximum Gasteiger partial charge on any atom is 0.220 e. The van der Waals surface area contributed by atoms with Gasteiger partial charge in [0.2, 0.25) is 5.91 Å². The van der Waals surface area contributed by atoms with Gasteiger partial charge in [-0.25, -0.2) is 4.98 Å². The highest BCUT2D eigenvalue weighted by molar-refractivity contribution is 5.77. The Balaban J connectivity index is 1.39. The van der Waals surface area contributed by atoms with E-state index in [0.717, 1.165) is 36.5 Å². The first-order chi connectivity index (χ1) is 11.2. The molecule has 3 rings (SSSR count). The highest BCUT2D eigenvalue weighted by Crippen LogP contribution is 2.15. The van der Waals surface area contributed by atoms with E-state index in [-0.39, 0.29) is 5.91 Å². The van der Waals surface area contributed by atoms with Crippen LogP contribution in [0.4, 0.5) is 0 Å². The molecule has 5 nitrogen and oxygen atoms in total.